The molecule has 0 saturated carbocycles. The molecule has 0 aromatic heterocycles. The fraction of sp³-hybridized carbons (Fsp3) is 0.222. The average Bonchev–Trinajstić information content (AvgIpc) is 2.07. The minimum Gasteiger partial charge on any atom is -0.399 e. The Morgan fingerprint density at radius 3 is 3.00 bits per heavy atom. The van der Waals surface area contributed by atoms with Crippen molar-refractivity contribution in [2.45, 2.75) is 6.92 Å². The minimum atomic E-state index is 0.310. The Bertz CT molecular complexity index is 312. The van der Waals surface area contributed by atoms with Crippen LogP contribution in [0.2, 0.25) is 0 Å². The first-order valence-corrected chi connectivity index (χ1v) is 3.71. The first-order chi connectivity index (χ1) is 5.74. The summed E-state index contributed by atoms with van der Waals surface area (Å²) in [7, 11) is 0. The van der Waals surface area contributed by atoms with Crippen LogP contribution in [0.25, 0.3) is 0 Å². The van der Waals surface area contributed by atoms with E-state index in [0.29, 0.717) is 12.2 Å². The number of hydrogen-bond acceptors (Lipinski definition) is 3. The molecule has 1 aromatic rings. The summed E-state index contributed by atoms with van der Waals surface area (Å²) in [6, 6.07) is 7.60. The van der Waals surface area contributed by atoms with Crippen molar-refractivity contribution in [2.24, 2.45) is 0 Å². The second-order valence-corrected chi connectivity index (χ2v) is 2.59. The molecule has 1 aromatic carbocycles. The molecular formula is C9H11N3. The zero-order valence-electron chi connectivity index (χ0n) is 6.96. The standard InChI is InChI=1S/C9H11N3/c1-7-2-3-8(11)6-9(7)12-5-4-10/h2-3,6,12H,5,11H2,1H3. The van der Waals surface area contributed by atoms with Gasteiger partial charge in [-0.3, -0.25) is 0 Å². The number of benzene rings is 1. The Morgan fingerprint density at radius 2 is 2.33 bits per heavy atom. The van der Waals surface area contributed by atoms with Crippen molar-refractivity contribution >= 4 is 11.4 Å². The van der Waals surface area contributed by atoms with Crippen molar-refractivity contribution in [2.75, 3.05) is 17.6 Å². The van der Waals surface area contributed by atoms with Gasteiger partial charge in [-0.25, -0.2) is 0 Å². The number of nitrogen functional groups attached to an aromatic ring is 1. The third-order valence-corrected chi connectivity index (χ3v) is 1.62. The van der Waals surface area contributed by atoms with E-state index in [1.54, 1.807) is 0 Å². The van der Waals surface area contributed by atoms with Gasteiger partial charge in [-0.1, -0.05) is 6.07 Å². The molecule has 0 bridgehead atoms. The van der Waals surface area contributed by atoms with E-state index in [-0.39, 0.29) is 0 Å². The van der Waals surface area contributed by atoms with Crippen molar-refractivity contribution in [1.82, 2.24) is 0 Å². The number of nitrogens with zero attached hydrogens (tertiary/aromatic N) is 1. The molecule has 3 N–H and O–H groups in total. The number of anilines is 2. The SMILES string of the molecule is Cc1ccc(N)cc1NCC#N. The zero-order chi connectivity index (χ0) is 8.97. The largest absolute Gasteiger partial charge is 0.399 e. The first-order valence-electron chi connectivity index (χ1n) is 3.71. The molecule has 0 fully saturated rings. The summed E-state index contributed by atoms with van der Waals surface area (Å²) in [4.78, 5) is 0. The summed E-state index contributed by atoms with van der Waals surface area (Å²) in [5.74, 6) is 0. The summed E-state index contributed by atoms with van der Waals surface area (Å²) in [5, 5.41) is 11.3. The summed E-state index contributed by atoms with van der Waals surface area (Å²) < 4.78 is 0. The van der Waals surface area contributed by atoms with E-state index >= 15 is 0 Å². The lowest BCUT2D eigenvalue weighted by Crippen LogP contribution is -2.00. The Balaban J connectivity index is 2.84. The highest BCUT2D eigenvalue weighted by Crippen LogP contribution is 2.17. The molecule has 0 atom stereocenters. The lowest BCUT2D eigenvalue weighted by atomic mass is 10.2. The molecule has 3 nitrogen and oxygen atoms in total. The Hall–Kier alpha value is -1.69. The van der Waals surface area contributed by atoms with E-state index in [1.165, 1.54) is 0 Å². The Morgan fingerprint density at radius 1 is 1.58 bits per heavy atom. The maximum absolute atomic E-state index is 8.34. The lowest BCUT2D eigenvalue weighted by Gasteiger charge is -2.06. The molecule has 3 heteroatoms. The minimum absolute atomic E-state index is 0.310. The quantitative estimate of drug-likeness (QED) is 0.510. The molecule has 1 rings (SSSR count). The van der Waals surface area contributed by atoms with Crippen LogP contribution in [0.3, 0.4) is 0 Å². The molecule has 62 valence electrons. The summed E-state index contributed by atoms with van der Waals surface area (Å²) in [6.45, 7) is 2.28. The molecule has 0 aliphatic carbocycles. The zero-order valence-corrected chi connectivity index (χ0v) is 6.96. The Labute approximate surface area is 71.8 Å². The van der Waals surface area contributed by atoms with Crippen molar-refractivity contribution in [3.05, 3.63) is 23.8 Å². The van der Waals surface area contributed by atoms with Gasteiger partial charge in [0.1, 0.15) is 6.54 Å². The fourth-order valence-corrected chi connectivity index (χ4v) is 0.965. The highest BCUT2D eigenvalue weighted by atomic mass is 14.9. The van der Waals surface area contributed by atoms with Crippen molar-refractivity contribution in [3.8, 4) is 6.07 Å². The third-order valence-electron chi connectivity index (χ3n) is 1.62. The van der Waals surface area contributed by atoms with Crippen LogP contribution in [-0.4, -0.2) is 6.54 Å². The van der Waals surface area contributed by atoms with Crippen LogP contribution in [-0.2, 0) is 0 Å². The smallest absolute Gasteiger partial charge is 0.103 e. The van der Waals surface area contributed by atoms with Gasteiger partial charge in [0, 0.05) is 11.4 Å². The molecule has 0 heterocycles. The van der Waals surface area contributed by atoms with Crippen LogP contribution in [0.4, 0.5) is 11.4 Å². The van der Waals surface area contributed by atoms with Gasteiger partial charge in [-0.15, -0.1) is 0 Å². The van der Waals surface area contributed by atoms with E-state index in [0.717, 1.165) is 11.3 Å². The fourth-order valence-electron chi connectivity index (χ4n) is 0.965. The highest BCUT2D eigenvalue weighted by Gasteiger charge is 1.96. The van der Waals surface area contributed by atoms with Gasteiger partial charge in [-0.2, -0.15) is 5.26 Å². The molecule has 0 unspecified atom stereocenters. The van der Waals surface area contributed by atoms with Gasteiger partial charge in [0.05, 0.1) is 6.07 Å². The second-order valence-electron chi connectivity index (χ2n) is 2.59. The topological polar surface area (TPSA) is 61.8 Å². The number of hydrogen-bond donors (Lipinski definition) is 2. The number of nitrogens with one attached hydrogen (secondary N) is 1. The van der Waals surface area contributed by atoms with Gasteiger partial charge >= 0.3 is 0 Å². The van der Waals surface area contributed by atoms with Crippen LogP contribution < -0.4 is 11.1 Å². The van der Waals surface area contributed by atoms with E-state index < -0.39 is 0 Å². The van der Waals surface area contributed by atoms with Crippen molar-refractivity contribution in [3.63, 3.8) is 0 Å². The van der Waals surface area contributed by atoms with Crippen LogP contribution in [0.15, 0.2) is 18.2 Å². The van der Waals surface area contributed by atoms with Crippen molar-refractivity contribution in [1.29, 1.82) is 5.26 Å². The van der Waals surface area contributed by atoms with E-state index in [4.69, 9.17) is 11.0 Å². The molecule has 12 heavy (non-hydrogen) atoms. The maximum Gasteiger partial charge on any atom is 0.103 e. The van der Waals surface area contributed by atoms with E-state index in [9.17, 15) is 0 Å². The molecular weight excluding hydrogens is 150 g/mol. The first kappa shape index (κ1) is 8.41. The van der Waals surface area contributed by atoms with E-state index in [2.05, 4.69) is 5.32 Å². The van der Waals surface area contributed by atoms with Crippen LogP contribution in [0.1, 0.15) is 5.56 Å². The molecule has 0 radical (unpaired) electrons. The maximum atomic E-state index is 8.34. The predicted molar refractivity (Wildman–Crippen MR) is 49.7 cm³/mol. The van der Waals surface area contributed by atoms with E-state index in [1.807, 2.05) is 31.2 Å². The van der Waals surface area contributed by atoms with Gasteiger partial charge in [0.2, 0.25) is 0 Å². The monoisotopic (exact) mass is 161 g/mol. The normalized spacial score (nSPS) is 9.00. The summed E-state index contributed by atoms with van der Waals surface area (Å²) >= 11 is 0. The summed E-state index contributed by atoms with van der Waals surface area (Å²) in [5.41, 5.74) is 8.31. The van der Waals surface area contributed by atoms with Crippen LogP contribution in [0, 0.1) is 18.3 Å². The molecule has 0 aliphatic rings. The molecule has 0 amide bonds. The summed E-state index contributed by atoms with van der Waals surface area (Å²) in [6.07, 6.45) is 0. The third kappa shape index (κ3) is 1.89. The van der Waals surface area contributed by atoms with Crippen LogP contribution >= 0.6 is 0 Å². The van der Waals surface area contributed by atoms with Gasteiger partial charge < -0.3 is 11.1 Å². The predicted octanol–water partition coefficient (Wildman–Crippen LogP) is 1.51. The Kier molecular flexibility index (Phi) is 2.54. The molecule has 0 aliphatic heterocycles. The van der Waals surface area contributed by atoms with Crippen LogP contribution in [0.5, 0.6) is 0 Å². The lowest BCUT2D eigenvalue weighted by molar-refractivity contribution is 1.29. The van der Waals surface area contributed by atoms with Gasteiger partial charge in [0.25, 0.3) is 0 Å². The molecule has 0 saturated heterocycles. The average molecular weight is 161 g/mol. The number of aryl methyl sites for hydroxylation is 1. The number of nitriles is 1. The second kappa shape index (κ2) is 3.63. The molecule has 0 spiro atoms. The van der Waals surface area contributed by atoms with Gasteiger partial charge in [0.15, 0.2) is 0 Å². The van der Waals surface area contributed by atoms with Gasteiger partial charge in [-0.05, 0) is 24.6 Å². The number of nitrogens with two attached hydrogens (primary N) is 1. The van der Waals surface area contributed by atoms with Crippen molar-refractivity contribution < 1.29 is 0 Å². The number of rotatable bonds is 2. The highest BCUT2D eigenvalue weighted by molar-refractivity contribution is 5.59.